The van der Waals surface area contributed by atoms with Crippen LogP contribution in [0.5, 0.6) is 0 Å². The van der Waals surface area contributed by atoms with E-state index in [0.29, 0.717) is 0 Å². The molecule has 0 unspecified atom stereocenters. The Labute approximate surface area is 150 Å². The van der Waals surface area contributed by atoms with Crippen LogP contribution < -0.4 is 10.6 Å². The number of allylic oxidation sites excluding steroid dienone is 1. The Kier molecular flexibility index (Phi) is 4.02. The first-order chi connectivity index (χ1) is 12.1. The number of hydrogen-bond acceptors (Lipinski definition) is 0. The second kappa shape index (κ2) is 6.21. The van der Waals surface area contributed by atoms with Crippen molar-refractivity contribution in [2.75, 3.05) is 6.66 Å². The van der Waals surface area contributed by atoms with Gasteiger partial charge >= 0.3 is 0 Å². The molecule has 0 bridgehead atoms. The molecule has 0 radical (unpaired) electrons. The zero-order valence-electron chi connectivity index (χ0n) is 15.0. The van der Waals surface area contributed by atoms with Crippen LogP contribution in [0.4, 0.5) is 0 Å². The summed E-state index contributed by atoms with van der Waals surface area (Å²) in [6.45, 7) is 5.25. The van der Waals surface area contributed by atoms with E-state index in [1.54, 1.807) is 0 Å². The van der Waals surface area contributed by atoms with Gasteiger partial charge in [-0.1, -0.05) is 84.9 Å². The highest BCUT2D eigenvalue weighted by atomic mass is 31.2. The second-order valence-electron chi connectivity index (χ2n) is 6.88. The molecule has 4 rings (SSSR count). The SMILES string of the molecule is Cc1ccc(C)c2c1C=CC2=P(C)(c1ccccc1)c1ccccc1. The third kappa shape index (κ3) is 2.53. The van der Waals surface area contributed by atoms with E-state index in [4.69, 9.17) is 0 Å². The van der Waals surface area contributed by atoms with Gasteiger partial charge in [0.05, 0.1) is 0 Å². The van der Waals surface area contributed by atoms with Crippen molar-refractivity contribution in [2.45, 2.75) is 13.8 Å². The smallest absolute Gasteiger partial charge is 0.00720 e. The summed E-state index contributed by atoms with van der Waals surface area (Å²) >= 11 is 0. The molecular formula is C24H23P. The molecule has 0 aliphatic heterocycles. The van der Waals surface area contributed by atoms with Gasteiger partial charge in [0.15, 0.2) is 0 Å². The molecule has 0 fully saturated rings. The predicted octanol–water partition coefficient (Wildman–Crippen LogP) is 5.15. The fourth-order valence-corrected chi connectivity index (χ4v) is 7.39. The quantitative estimate of drug-likeness (QED) is 0.565. The third-order valence-electron chi connectivity index (χ3n) is 5.36. The number of benzene rings is 3. The zero-order chi connectivity index (χ0) is 17.4. The summed E-state index contributed by atoms with van der Waals surface area (Å²) in [7, 11) is 0. The minimum absolute atomic E-state index is 1.36. The van der Waals surface area contributed by atoms with Crippen LogP contribution in [0, 0.1) is 13.8 Å². The number of aryl methyl sites for hydroxylation is 2. The monoisotopic (exact) mass is 342 g/mol. The summed E-state index contributed by atoms with van der Waals surface area (Å²) in [5, 5.41) is 4.38. The summed E-state index contributed by atoms with van der Waals surface area (Å²) in [4.78, 5) is 0. The van der Waals surface area contributed by atoms with E-state index in [1.807, 2.05) is 0 Å². The van der Waals surface area contributed by atoms with Gasteiger partial charge in [-0.2, -0.15) is 0 Å². The van der Waals surface area contributed by atoms with E-state index >= 15 is 0 Å². The van der Waals surface area contributed by atoms with E-state index in [9.17, 15) is 0 Å². The van der Waals surface area contributed by atoms with Gasteiger partial charge < -0.3 is 0 Å². The summed E-state index contributed by atoms with van der Waals surface area (Å²) in [5.41, 5.74) is 5.58. The molecule has 0 N–H and O–H groups in total. The molecule has 0 saturated carbocycles. The third-order valence-corrected chi connectivity index (χ3v) is 9.36. The van der Waals surface area contributed by atoms with Gasteiger partial charge in [0.25, 0.3) is 0 Å². The molecule has 0 aromatic heterocycles. The summed E-state index contributed by atoms with van der Waals surface area (Å²) in [5.74, 6) is 0. The Hall–Kier alpha value is -2.30. The van der Waals surface area contributed by atoms with E-state index in [2.05, 4.69) is 105 Å². The lowest BCUT2D eigenvalue weighted by Gasteiger charge is -2.27. The lowest BCUT2D eigenvalue weighted by atomic mass is 10.00. The summed E-state index contributed by atoms with van der Waals surface area (Å²) < 4.78 is 0. The Morgan fingerprint density at radius 3 is 1.68 bits per heavy atom. The summed E-state index contributed by atoms with van der Waals surface area (Å²) in [6.07, 6.45) is 4.69. The van der Waals surface area contributed by atoms with Crippen molar-refractivity contribution < 1.29 is 0 Å². The number of hydrogen-bond donors (Lipinski definition) is 0. The molecule has 0 heterocycles. The van der Waals surface area contributed by atoms with Crippen molar-refractivity contribution in [3.05, 3.63) is 101 Å². The van der Waals surface area contributed by atoms with Gasteiger partial charge in [-0.05, 0) is 65.6 Å². The first-order valence-electron chi connectivity index (χ1n) is 8.76. The van der Waals surface area contributed by atoms with E-state index in [1.165, 1.54) is 38.2 Å². The minimum atomic E-state index is -1.67. The lowest BCUT2D eigenvalue weighted by Crippen LogP contribution is -2.21. The van der Waals surface area contributed by atoms with E-state index in [-0.39, 0.29) is 0 Å². The fraction of sp³-hybridized carbons (Fsp3) is 0.125. The van der Waals surface area contributed by atoms with Crippen LogP contribution in [-0.2, 0) is 0 Å². The topological polar surface area (TPSA) is 0 Å². The average Bonchev–Trinajstić information content (AvgIpc) is 3.12. The van der Waals surface area contributed by atoms with E-state index < -0.39 is 6.89 Å². The van der Waals surface area contributed by atoms with Gasteiger partial charge in [0.2, 0.25) is 0 Å². The first kappa shape index (κ1) is 16.2. The first-order valence-corrected chi connectivity index (χ1v) is 11.0. The van der Waals surface area contributed by atoms with Crippen molar-refractivity contribution in [1.82, 2.24) is 0 Å². The molecule has 0 amide bonds. The molecule has 1 aliphatic carbocycles. The minimum Gasteiger partial charge on any atom is -0.0622 e. The Bertz CT molecular complexity index is 965. The fourth-order valence-electron chi connectivity index (χ4n) is 3.89. The van der Waals surface area contributed by atoms with Crippen molar-refractivity contribution in [3.8, 4) is 0 Å². The molecule has 124 valence electrons. The van der Waals surface area contributed by atoms with Crippen LogP contribution in [0.3, 0.4) is 0 Å². The molecule has 0 atom stereocenters. The Morgan fingerprint density at radius 1 is 0.600 bits per heavy atom. The predicted molar refractivity (Wildman–Crippen MR) is 114 cm³/mol. The summed E-state index contributed by atoms with van der Waals surface area (Å²) in [6, 6.07) is 26.6. The molecule has 1 aliphatic rings. The molecule has 3 aromatic carbocycles. The second-order valence-corrected chi connectivity index (χ2v) is 10.4. The van der Waals surface area contributed by atoms with Crippen LogP contribution >= 0.6 is 6.89 Å². The Morgan fingerprint density at radius 2 is 1.12 bits per heavy atom. The van der Waals surface area contributed by atoms with Gasteiger partial charge in [-0.15, -0.1) is 0 Å². The molecule has 0 saturated heterocycles. The highest BCUT2D eigenvalue weighted by molar-refractivity contribution is 7.89. The largest absolute Gasteiger partial charge is 0.0622 e. The Balaban J connectivity index is 2.15. The van der Waals surface area contributed by atoms with Gasteiger partial charge in [-0.25, -0.2) is 0 Å². The van der Waals surface area contributed by atoms with Crippen molar-refractivity contribution in [2.24, 2.45) is 0 Å². The molecule has 0 spiro atoms. The van der Waals surface area contributed by atoms with Crippen LogP contribution in [0.15, 0.2) is 78.9 Å². The average molecular weight is 342 g/mol. The van der Waals surface area contributed by atoms with Crippen LogP contribution in [0.2, 0.25) is 0 Å². The van der Waals surface area contributed by atoms with Crippen LogP contribution in [0.25, 0.3) is 6.08 Å². The molecule has 1 heteroatoms. The molecule has 3 aromatic rings. The zero-order valence-corrected chi connectivity index (χ0v) is 15.9. The maximum atomic E-state index is 2.47. The lowest BCUT2D eigenvalue weighted by molar-refractivity contribution is 1.37. The highest BCUT2D eigenvalue weighted by Gasteiger charge is 2.27. The van der Waals surface area contributed by atoms with Crippen molar-refractivity contribution >= 4 is 28.9 Å². The number of rotatable bonds is 2. The molecular weight excluding hydrogens is 319 g/mol. The van der Waals surface area contributed by atoms with Crippen molar-refractivity contribution in [3.63, 3.8) is 0 Å². The van der Waals surface area contributed by atoms with Crippen LogP contribution in [0.1, 0.15) is 22.3 Å². The molecule has 0 nitrogen and oxygen atoms in total. The van der Waals surface area contributed by atoms with Crippen LogP contribution in [-0.4, -0.2) is 12.0 Å². The van der Waals surface area contributed by atoms with Gasteiger partial charge in [-0.3, -0.25) is 0 Å². The van der Waals surface area contributed by atoms with Gasteiger partial charge in [0.1, 0.15) is 0 Å². The highest BCUT2D eigenvalue weighted by Crippen LogP contribution is 2.47. The number of fused-ring (bicyclic) bond motifs is 1. The maximum Gasteiger partial charge on any atom is -0.00720 e. The van der Waals surface area contributed by atoms with E-state index in [0.717, 1.165) is 0 Å². The van der Waals surface area contributed by atoms with Gasteiger partial charge in [0, 0.05) is 0 Å². The van der Waals surface area contributed by atoms with Crippen molar-refractivity contribution in [1.29, 1.82) is 0 Å². The molecule has 25 heavy (non-hydrogen) atoms. The normalized spacial score (nSPS) is 13.2. The maximum absolute atomic E-state index is 2.47. The standard InChI is InChI=1S/C24H23P/c1-18-14-15-19(2)24-22(18)16-17-23(24)25(3,20-10-6-4-7-11-20)21-12-8-5-9-13-21/h4-17H,1-3H3.